The first-order chi connectivity index (χ1) is 20.9. The summed E-state index contributed by atoms with van der Waals surface area (Å²) < 4.78 is 5.67. The summed E-state index contributed by atoms with van der Waals surface area (Å²) in [7, 11) is 0. The van der Waals surface area contributed by atoms with E-state index in [0.717, 1.165) is 0 Å². The molecule has 8 N–H and O–H groups in total. The van der Waals surface area contributed by atoms with Crippen molar-refractivity contribution in [2.24, 2.45) is 5.92 Å². The van der Waals surface area contributed by atoms with E-state index in [1.165, 1.54) is 9.80 Å². The van der Waals surface area contributed by atoms with Gasteiger partial charge in [0.1, 0.15) is 49.7 Å². The summed E-state index contributed by atoms with van der Waals surface area (Å²) in [6, 6.07) is 10.00. The van der Waals surface area contributed by atoms with Crippen LogP contribution in [-0.2, 0) is 14.3 Å². The van der Waals surface area contributed by atoms with E-state index in [9.17, 15) is 50.4 Å². The van der Waals surface area contributed by atoms with Crippen molar-refractivity contribution in [3.63, 3.8) is 0 Å². The van der Waals surface area contributed by atoms with Crippen LogP contribution in [0.25, 0.3) is 0 Å². The summed E-state index contributed by atoms with van der Waals surface area (Å²) in [5.74, 6) is -1.80. The van der Waals surface area contributed by atoms with Crippen molar-refractivity contribution in [3.05, 3.63) is 58.7 Å². The van der Waals surface area contributed by atoms with Gasteiger partial charge in [-0.05, 0) is 66.8 Å². The summed E-state index contributed by atoms with van der Waals surface area (Å²) in [5.41, 5.74) is 3.46. The zero-order chi connectivity index (χ0) is 32.0. The van der Waals surface area contributed by atoms with Gasteiger partial charge in [-0.25, -0.2) is 0 Å². The van der Waals surface area contributed by atoms with E-state index in [2.05, 4.69) is 0 Å². The molecule has 2 aliphatic heterocycles. The molecular weight excluding hydrogens is 576 g/mol. The predicted molar refractivity (Wildman–Crippen MR) is 156 cm³/mol. The molecule has 0 aromatic heterocycles. The van der Waals surface area contributed by atoms with Crippen LogP contribution in [0.2, 0.25) is 0 Å². The van der Waals surface area contributed by atoms with E-state index >= 15 is 0 Å². The molecule has 3 fully saturated rings. The number of aliphatic hydroxyl groups is 8. The number of rotatable bonds is 6. The fourth-order valence-corrected chi connectivity index (χ4v) is 6.65. The lowest BCUT2D eigenvalue weighted by atomic mass is 9.72. The van der Waals surface area contributed by atoms with Crippen LogP contribution in [0.5, 0.6) is 0 Å². The third kappa shape index (κ3) is 5.75. The minimum Gasteiger partial charge on any atom is -0.396 e. The van der Waals surface area contributed by atoms with Gasteiger partial charge >= 0.3 is 0 Å². The third-order valence-corrected chi connectivity index (χ3v) is 9.30. The molecule has 0 unspecified atom stereocenters. The summed E-state index contributed by atoms with van der Waals surface area (Å²) in [6.07, 6.45) is -10.2. The topological polar surface area (TPSA) is 212 Å². The molecule has 44 heavy (non-hydrogen) atoms. The highest BCUT2D eigenvalue weighted by Gasteiger charge is 2.45. The second kappa shape index (κ2) is 12.8. The van der Waals surface area contributed by atoms with Crippen LogP contribution < -0.4 is 9.80 Å². The highest BCUT2D eigenvalue weighted by Crippen LogP contribution is 2.40. The zero-order valence-corrected chi connectivity index (χ0v) is 24.5. The van der Waals surface area contributed by atoms with Gasteiger partial charge in [-0.2, -0.15) is 0 Å². The zero-order valence-electron chi connectivity index (χ0n) is 24.5. The number of aliphatic hydroxyl groups excluding tert-OH is 8. The average Bonchev–Trinajstić information content (AvgIpc) is 3.00. The minimum absolute atomic E-state index is 0.228. The number of ether oxygens (including phenoxy) is 1. The number of carbonyl (C=O) groups is 2. The van der Waals surface area contributed by atoms with Gasteiger partial charge in [-0.1, -0.05) is 12.1 Å². The molecule has 2 amide bonds. The number of hydrogen-bond acceptors (Lipinski definition) is 11. The fourth-order valence-electron chi connectivity index (χ4n) is 6.65. The monoisotopic (exact) mass is 616 g/mol. The number of piperazine rings is 1. The molecule has 13 nitrogen and oxygen atoms in total. The van der Waals surface area contributed by atoms with Crippen molar-refractivity contribution in [3.8, 4) is 0 Å². The van der Waals surface area contributed by atoms with Gasteiger partial charge in [0.2, 0.25) is 11.8 Å². The van der Waals surface area contributed by atoms with E-state index in [-0.39, 0.29) is 37.9 Å². The van der Waals surface area contributed by atoms with Gasteiger partial charge < -0.3 is 55.4 Å². The number of nitrogens with zero attached hydrogens (tertiary/aromatic N) is 2. The minimum atomic E-state index is -1.53. The van der Waals surface area contributed by atoms with Crippen LogP contribution in [0.4, 0.5) is 11.4 Å². The maximum Gasteiger partial charge on any atom is 0.247 e. The van der Waals surface area contributed by atoms with Gasteiger partial charge in [-0.3, -0.25) is 9.59 Å². The Morgan fingerprint density at radius 2 is 1.20 bits per heavy atom. The summed E-state index contributed by atoms with van der Waals surface area (Å²) in [4.78, 5) is 29.3. The van der Waals surface area contributed by atoms with E-state index in [4.69, 9.17) is 4.74 Å². The van der Waals surface area contributed by atoms with Crippen LogP contribution >= 0.6 is 0 Å². The largest absolute Gasteiger partial charge is 0.396 e. The van der Waals surface area contributed by atoms with Crippen molar-refractivity contribution in [2.45, 2.75) is 75.0 Å². The molecule has 5 rings (SSSR count). The second-order valence-corrected chi connectivity index (χ2v) is 12.0. The molecule has 1 saturated carbocycles. The molecule has 2 heterocycles. The van der Waals surface area contributed by atoms with Crippen LogP contribution in [0, 0.1) is 19.8 Å². The number of hydrogen-bond donors (Lipinski definition) is 8. The third-order valence-electron chi connectivity index (χ3n) is 9.30. The van der Waals surface area contributed by atoms with E-state index in [1.807, 2.05) is 0 Å². The quantitative estimate of drug-likeness (QED) is 0.185. The lowest BCUT2D eigenvalue weighted by molar-refractivity contribution is -0.231. The van der Waals surface area contributed by atoms with Gasteiger partial charge in [0.25, 0.3) is 0 Å². The molecule has 2 aromatic carbocycles. The van der Waals surface area contributed by atoms with Crippen molar-refractivity contribution >= 4 is 23.2 Å². The lowest BCUT2D eigenvalue weighted by Gasteiger charge is -2.41. The predicted octanol–water partition coefficient (Wildman–Crippen LogP) is -1.62. The Bertz CT molecular complexity index is 1280. The van der Waals surface area contributed by atoms with E-state index in [1.54, 1.807) is 50.2 Å². The molecule has 1 aliphatic carbocycles. The first kappa shape index (κ1) is 32.4. The Hall–Kier alpha value is -2.98. The summed E-state index contributed by atoms with van der Waals surface area (Å²) in [6.45, 7) is 2.16. The smallest absolute Gasteiger partial charge is 0.247 e. The van der Waals surface area contributed by atoms with Crippen molar-refractivity contribution < 1.29 is 55.2 Å². The first-order valence-electron chi connectivity index (χ1n) is 14.6. The highest BCUT2D eigenvalue weighted by molar-refractivity contribution is 6.12. The van der Waals surface area contributed by atoms with Gasteiger partial charge in [0, 0.05) is 29.8 Å². The average molecular weight is 617 g/mol. The molecule has 13 heteroatoms. The Balaban J connectivity index is 1.31. The number of benzene rings is 2. The van der Waals surface area contributed by atoms with Crippen molar-refractivity contribution in [1.29, 1.82) is 0 Å². The Morgan fingerprint density at radius 3 is 1.70 bits per heavy atom. The molecule has 10 atom stereocenters. The molecule has 0 spiro atoms. The van der Waals surface area contributed by atoms with Crippen molar-refractivity contribution in [2.75, 3.05) is 36.1 Å². The maximum absolute atomic E-state index is 13.3. The van der Waals surface area contributed by atoms with E-state index in [0.29, 0.717) is 33.6 Å². The van der Waals surface area contributed by atoms with Gasteiger partial charge in [-0.15, -0.1) is 0 Å². The van der Waals surface area contributed by atoms with E-state index < -0.39 is 67.3 Å². The van der Waals surface area contributed by atoms with Gasteiger partial charge in [0.15, 0.2) is 0 Å². The molecule has 2 saturated heterocycles. The Labute approximate surface area is 254 Å². The standard InChI is InChI=1S/C31H40N2O11/c1-14-7-17(3-5-19(14)21-9-16(12-34)25(38)28(41)26(21)39)32-10-24(37)33(11-23(32)36)18-4-6-20(15(2)8-18)31-30(43)29(42)27(40)22(13-35)44-31/h3-8,16,21-22,25-31,34-35,38-43H,9-13H2,1-2H3/t16-,21-,22-,25-,26-,27-,28+,29+,30+,31-/m1/s1. The number of amides is 2. The number of anilines is 2. The first-order valence-corrected chi connectivity index (χ1v) is 14.6. The summed E-state index contributed by atoms with van der Waals surface area (Å²) in [5, 5.41) is 81.1. The van der Waals surface area contributed by atoms with Crippen LogP contribution in [0.15, 0.2) is 36.4 Å². The van der Waals surface area contributed by atoms with Gasteiger partial charge in [0.05, 0.1) is 18.8 Å². The van der Waals surface area contributed by atoms with Crippen LogP contribution in [0.3, 0.4) is 0 Å². The summed E-state index contributed by atoms with van der Waals surface area (Å²) >= 11 is 0. The Morgan fingerprint density at radius 1 is 0.682 bits per heavy atom. The molecular formula is C31H40N2O11. The lowest BCUT2D eigenvalue weighted by Crippen LogP contribution is -2.55. The van der Waals surface area contributed by atoms with Crippen LogP contribution in [-0.4, -0.2) is 122 Å². The normalized spacial score (nSPS) is 34.9. The highest BCUT2D eigenvalue weighted by atomic mass is 16.5. The number of aryl methyl sites for hydroxylation is 2. The fraction of sp³-hybridized carbons (Fsp3) is 0.548. The second-order valence-electron chi connectivity index (χ2n) is 12.0. The molecule has 3 aliphatic rings. The molecule has 2 aromatic rings. The maximum atomic E-state index is 13.3. The molecule has 0 radical (unpaired) electrons. The SMILES string of the molecule is Cc1cc(N2CC(=O)N(c3ccc([C@H]4O[C@H](CO)[C@@H](O)[C@H](O)[C@@H]4O)c(C)c3)CC2=O)ccc1[C@H]1C[C@H](CO)[C@@H](O)[C@H](O)[C@@H]1O. The Kier molecular flexibility index (Phi) is 9.42. The molecule has 0 bridgehead atoms. The van der Waals surface area contributed by atoms with Crippen LogP contribution in [0.1, 0.15) is 40.7 Å². The molecule has 240 valence electrons. The number of carbonyl (C=O) groups excluding carboxylic acids is 2. The van der Waals surface area contributed by atoms with Crippen molar-refractivity contribution in [1.82, 2.24) is 0 Å².